The zero-order chi connectivity index (χ0) is 18.7. The van der Waals surface area contributed by atoms with Crippen molar-refractivity contribution in [3.05, 3.63) is 57.3 Å². The van der Waals surface area contributed by atoms with Crippen LogP contribution in [0.3, 0.4) is 0 Å². The van der Waals surface area contributed by atoms with Crippen molar-refractivity contribution in [3.63, 3.8) is 0 Å². The molecule has 2 aromatic rings. The molecule has 1 N–H and O–H groups in total. The third kappa shape index (κ3) is 4.55. The average molecular weight is 438 g/mol. The van der Waals surface area contributed by atoms with Gasteiger partial charge in [0.25, 0.3) is 5.91 Å². The maximum atomic E-state index is 12.5. The summed E-state index contributed by atoms with van der Waals surface area (Å²) in [5, 5.41) is 3.60. The lowest BCUT2D eigenvalue weighted by Crippen LogP contribution is -2.50. The number of carbonyl (C=O) groups is 1. The highest BCUT2D eigenvalue weighted by atomic mass is 79.9. The summed E-state index contributed by atoms with van der Waals surface area (Å²) < 4.78 is 0.906. The number of nitrogens with zero attached hydrogens (tertiary/aromatic N) is 3. The Kier molecular flexibility index (Phi) is 6.16. The van der Waals surface area contributed by atoms with Gasteiger partial charge in [0.2, 0.25) is 0 Å². The van der Waals surface area contributed by atoms with Crippen LogP contribution in [0.2, 0.25) is 5.02 Å². The van der Waals surface area contributed by atoms with Gasteiger partial charge in [0.05, 0.1) is 10.2 Å². The lowest BCUT2D eigenvalue weighted by atomic mass is 10.1. The zero-order valence-corrected chi connectivity index (χ0v) is 17.2. The number of anilines is 1. The Labute approximate surface area is 167 Å². The lowest BCUT2D eigenvalue weighted by Gasteiger charge is -2.40. The normalized spacial score (nSPS) is 18.0. The summed E-state index contributed by atoms with van der Waals surface area (Å²) >= 11 is 9.47. The lowest BCUT2D eigenvalue weighted by molar-refractivity contribution is 0.0946. The van der Waals surface area contributed by atoms with Gasteiger partial charge in [-0.2, -0.15) is 0 Å². The van der Waals surface area contributed by atoms with Crippen molar-refractivity contribution in [2.45, 2.75) is 19.5 Å². The first-order chi connectivity index (χ1) is 12.4. The van der Waals surface area contributed by atoms with E-state index in [0.29, 0.717) is 23.3 Å². The second-order valence-corrected chi connectivity index (χ2v) is 7.93. The highest BCUT2D eigenvalue weighted by molar-refractivity contribution is 9.10. The summed E-state index contributed by atoms with van der Waals surface area (Å²) in [5.41, 5.74) is 2.42. The van der Waals surface area contributed by atoms with Gasteiger partial charge in [0, 0.05) is 43.4 Å². The summed E-state index contributed by atoms with van der Waals surface area (Å²) in [6.45, 7) is 5.55. The minimum Gasteiger partial charge on any atom is -0.365 e. The van der Waals surface area contributed by atoms with Gasteiger partial charge in [-0.3, -0.25) is 4.79 Å². The fourth-order valence-corrected chi connectivity index (χ4v) is 3.72. The molecule has 3 rings (SSSR count). The summed E-state index contributed by atoms with van der Waals surface area (Å²) in [6, 6.07) is 9.66. The van der Waals surface area contributed by atoms with Crippen LogP contribution in [0, 0.1) is 0 Å². The Morgan fingerprint density at radius 3 is 2.77 bits per heavy atom. The summed E-state index contributed by atoms with van der Waals surface area (Å²) in [5.74, 6) is -0.185. The van der Waals surface area contributed by atoms with Crippen molar-refractivity contribution in [2.24, 2.45) is 0 Å². The third-order valence-electron chi connectivity index (χ3n) is 4.57. The number of carbonyl (C=O) groups excluding carboxylic acids is 1. The molecule has 1 aromatic carbocycles. The molecule has 26 heavy (non-hydrogen) atoms. The Hall–Kier alpha value is -1.63. The Morgan fingerprint density at radius 1 is 1.35 bits per heavy atom. The molecule has 0 radical (unpaired) electrons. The Morgan fingerprint density at radius 2 is 2.08 bits per heavy atom. The van der Waals surface area contributed by atoms with Crippen molar-refractivity contribution in [1.29, 1.82) is 0 Å². The molecule has 1 unspecified atom stereocenters. The molecule has 138 valence electrons. The fourth-order valence-electron chi connectivity index (χ4n) is 3.15. The van der Waals surface area contributed by atoms with E-state index >= 15 is 0 Å². The summed E-state index contributed by atoms with van der Waals surface area (Å²) in [4.78, 5) is 21.4. The minimum absolute atomic E-state index is 0.185. The number of pyridine rings is 1. The first-order valence-corrected chi connectivity index (χ1v) is 9.74. The first-order valence-electron chi connectivity index (χ1n) is 8.57. The average Bonchev–Trinajstić information content (AvgIpc) is 2.62. The Bertz CT molecular complexity index is 784. The van der Waals surface area contributed by atoms with E-state index in [4.69, 9.17) is 11.6 Å². The third-order valence-corrected chi connectivity index (χ3v) is 5.44. The van der Waals surface area contributed by atoms with E-state index in [2.05, 4.69) is 50.0 Å². The van der Waals surface area contributed by atoms with Crippen LogP contribution in [0.4, 0.5) is 5.69 Å². The van der Waals surface area contributed by atoms with Crippen molar-refractivity contribution >= 4 is 39.1 Å². The summed E-state index contributed by atoms with van der Waals surface area (Å²) in [6.07, 6.45) is 1.71. The van der Waals surface area contributed by atoms with E-state index in [0.717, 1.165) is 35.4 Å². The van der Waals surface area contributed by atoms with E-state index in [1.54, 1.807) is 6.20 Å². The van der Waals surface area contributed by atoms with E-state index in [1.165, 1.54) is 0 Å². The number of hydrogen-bond donors (Lipinski definition) is 1. The zero-order valence-electron chi connectivity index (χ0n) is 14.9. The van der Waals surface area contributed by atoms with Crippen LogP contribution in [0.5, 0.6) is 0 Å². The number of aromatic nitrogens is 1. The van der Waals surface area contributed by atoms with Gasteiger partial charge in [0.1, 0.15) is 5.69 Å². The molecule has 0 bridgehead atoms. The smallest absolute Gasteiger partial charge is 0.270 e. The van der Waals surface area contributed by atoms with Crippen LogP contribution in [-0.2, 0) is 6.54 Å². The second kappa shape index (κ2) is 8.37. The van der Waals surface area contributed by atoms with Gasteiger partial charge < -0.3 is 15.1 Å². The number of piperazine rings is 1. The van der Waals surface area contributed by atoms with Gasteiger partial charge >= 0.3 is 0 Å². The van der Waals surface area contributed by atoms with Gasteiger partial charge in [-0.15, -0.1) is 0 Å². The molecular formula is C19H22BrClN4O. The molecule has 1 aliphatic rings. The van der Waals surface area contributed by atoms with Crippen LogP contribution < -0.4 is 10.2 Å². The van der Waals surface area contributed by atoms with Crippen LogP contribution in [0.15, 0.2) is 41.0 Å². The number of amides is 1. The predicted octanol–water partition coefficient (Wildman–Crippen LogP) is 3.57. The molecule has 1 amide bonds. The maximum Gasteiger partial charge on any atom is 0.270 e. The highest BCUT2D eigenvalue weighted by Crippen LogP contribution is 2.29. The molecule has 5 nitrogen and oxygen atoms in total. The Balaban J connectivity index is 1.72. The van der Waals surface area contributed by atoms with E-state index in [-0.39, 0.29) is 5.91 Å². The topological polar surface area (TPSA) is 48.5 Å². The number of rotatable bonds is 4. The van der Waals surface area contributed by atoms with Gasteiger partial charge in [0.15, 0.2) is 0 Å². The number of hydrogen-bond acceptors (Lipinski definition) is 4. The molecule has 0 aliphatic carbocycles. The van der Waals surface area contributed by atoms with Crippen molar-refractivity contribution < 1.29 is 4.79 Å². The van der Waals surface area contributed by atoms with Crippen LogP contribution in [0.1, 0.15) is 23.0 Å². The molecule has 1 saturated heterocycles. The van der Waals surface area contributed by atoms with Gasteiger partial charge in [-0.25, -0.2) is 4.98 Å². The van der Waals surface area contributed by atoms with Crippen molar-refractivity contribution in [3.8, 4) is 0 Å². The number of benzene rings is 1. The fraction of sp³-hybridized carbons (Fsp3) is 0.368. The van der Waals surface area contributed by atoms with Crippen LogP contribution in [0.25, 0.3) is 0 Å². The first kappa shape index (κ1) is 19.1. The molecule has 0 spiro atoms. The molecule has 1 aliphatic heterocycles. The quantitative estimate of drug-likeness (QED) is 0.794. The molecule has 0 saturated carbocycles. The number of halogens is 2. The molecule has 2 heterocycles. The van der Waals surface area contributed by atoms with Crippen molar-refractivity contribution in [2.75, 3.05) is 31.6 Å². The molecule has 1 atom stereocenters. The number of nitrogens with one attached hydrogen (secondary N) is 1. The predicted molar refractivity (Wildman–Crippen MR) is 109 cm³/mol. The summed E-state index contributed by atoms with van der Waals surface area (Å²) in [7, 11) is 2.13. The molecule has 1 fully saturated rings. The van der Waals surface area contributed by atoms with Gasteiger partial charge in [-0.1, -0.05) is 23.7 Å². The molecule has 1 aromatic heterocycles. The highest BCUT2D eigenvalue weighted by Gasteiger charge is 2.24. The molecule has 7 heteroatoms. The number of likely N-dealkylation sites (N-methyl/N-ethyl adjacent to an activating group) is 1. The SMILES string of the molecule is CC1CN(C)CCN1c1cc(C(=O)NCc2ccc(Cl)cc2)ncc1Br. The van der Waals surface area contributed by atoms with Gasteiger partial charge in [-0.05, 0) is 53.7 Å². The van der Waals surface area contributed by atoms with Crippen LogP contribution >= 0.6 is 27.5 Å². The van der Waals surface area contributed by atoms with E-state index in [9.17, 15) is 4.79 Å². The monoisotopic (exact) mass is 436 g/mol. The molecular weight excluding hydrogens is 416 g/mol. The van der Waals surface area contributed by atoms with E-state index < -0.39 is 0 Å². The van der Waals surface area contributed by atoms with E-state index in [1.807, 2.05) is 30.3 Å². The minimum atomic E-state index is -0.185. The standard InChI is InChI=1S/C19H22BrClN4O/c1-13-12-24(2)7-8-25(13)18-9-17(22-11-16(18)20)19(26)23-10-14-3-5-15(21)6-4-14/h3-6,9,11,13H,7-8,10,12H2,1-2H3,(H,23,26). The van der Waals surface area contributed by atoms with Crippen LogP contribution in [-0.4, -0.2) is 48.5 Å². The maximum absolute atomic E-state index is 12.5. The largest absolute Gasteiger partial charge is 0.365 e. The van der Waals surface area contributed by atoms with Crippen molar-refractivity contribution in [1.82, 2.24) is 15.2 Å². The second-order valence-electron chi connectivity index (χ2n) is 6.63.